The summed E-state index contributed by atoms with van der Waals surface area (Å²) in [6.45, 7) is 1.11. The largest absolute Gasteiger partial charge is 0.416 e. The predicted octanol–water partition coefficient (Wildman–Crippen LogP) is 7.03. The molecule has 1 spiro atoms. The molecule has 1 unspecified atom stereocenters. The smallest absolute Gasteiger partial charge is 0.349 e. The molecule has 2 fully saturated rings. The molecule has 1 heterocycles. The van der Waals surface area contributed by atoms with E-state index >= 15 is 0 Å². The summed E-state index contributed by atoms with van der Waals surface area (Å²) in [6.07, 6.45) is -12.7. The third kappa shape index (κ3) is 5.93. The van der Waals surface area contributed by atoms with Crippen molar-refractivity contribution in [2.75, 3.05) is 13.1 Å². The van der Waals surface area contributed by atoms with Crippen LogP contribution in [0.25, 0.3) is 0 Å². The first-order valence-corrected chi connectivity index (χ1v) is 11.5. The number of rotatable bonds is 4. The van der Waals surface area contributed by atoms with Crippen LogP contribution >= 0.6 is 11.9 Å². The summed E-state index contributed by atoms with van der Waals surface area (Å²) in [5, 5.41) is 2.57. The van der Waals surface area contributed by atoms with Crippen LogP contribution in [0.15, 0.2) is 47.4 Å². The van der Waals surface area contributed by atoms with Gasteiger partial charge < -0.3 is 5.32 Å². The number of hydrogen-bond donors (Lipinski definition) is 1. The molecule has 1 aliphatic carbocycles. The molecule has 4 rings (SSSR count). The number of alkyl halides is 9. The molecule has 2 aromatic carbocycles. The lowest BCUT2D eigenvalue weighted by Crippen LogP contribution is -2.36. The zero-order valence-electron chi connectivity index (χ0n) is 18.3. The molecule has 1 atom stereocenters. The van der Waals surface area contributed by atoms with Gasteiger partial charge in [-0.2, -0.15) is 39.5 Å². The Morgan fingerprint density at radius 3 is 1.78 bits per heavy atom. The van der Waals surface area contributed by atoms with E-state index in [-0.39, 0.29) is 17.5 Å². The molecule has 0 aromatic heterocycles. The standard InChI is InChI=1S/C23H19F9N2OS/c24-21(25,26)14-1-3-17(4-2-14)36-34-7-5-20(6-8-34)12-18(20)33-19(35)13-9-15(22(27,28)29)11-16(10-13)23(30,31)32/h1-4,9-11,18H,5-8,12H2,(H,33,35). The Morgan fingerprint density at radius 2 is 1.31 bits per heavy atom. The topological polar surface area (TPSA) is 32.3 Å². The summed E-state index contributed by atoms with van der Waals surface area (Å²) < 4.78 is 118. The molecule has 0 bridgehead atoms. The van der Waals surface area contributed by atoms with Crippen molar-refractivity contribution in [1.29, 1.82) is 0 Å². The average molecular weight is 542 g/mol. The first-order valence-electron chi connectivity index (χ1n) is 10.8. The maximum Gasteiger partial charge on any atom is 0.416 e. The predicted molar refractivity (Wildman–Crippen MR) is 113 cm³/mol. The van der Waals surface area contributed by atoms with Crippen LogP contribution in [0, 0.1) is 5.41 Å². The van der Waals surface area contributed by atoms with Gasteiger partial charge in [0.1, 0.15) is 0 Å². The number of amides is 1. The fraction of sp³-hybridized carbons (Fsp3) is 0.435. The molecular weight excluding hydrogens is 523 g/mol. The molecule has 1 aliphatic heterocycles. The summed E-state index contributed by atoms with van der Waals surface area (Å²) in [7, 11) is 0. The van der Waals surface area contributed by atoms with Gasteiger partial charge in [0.05, 0.1) is 16.7 Å². The monoisotopic (exact) mass is 542 g/mol. The quantitative estimate of drug-likeness (QED) is 0.333. The van der Waals surface area contributed by atoms with Crippen molar-refractivity contribution in [2.24, 2.45) is 5.41 Å². The SMILES string of the molecule is O=C(NC1CC12CCN(Sc1ccc(C(F)(F)F)cc1)CC2)c1cc(C(F)(F)F)cc(C(F)(F)F)c1. The van der Waals surface area contributed by atoms with E-state index < -0.39 is 46.7 Å². The number of nitrogens with one attached hydrogen (secondary N) is 1. The normalized spacial score (nSPS) is 20.4. The van der Waals surface area contributed by atoms with Crippen molar-refractivity contribution in [3.05, 3.63) is 64.7 Å². The Balaban J connectivity index is 1.35. The Kier molecular flexibility index (Phi) is 6.78. The highest BCUT2D eigenvalue weighted by Crippen LogP contribution is 2.55. The molecule has 1 saturated carbocycles. The van der Waals surface area contributed by atoms with Gasteiger partial charge in [0.2, 0.25) is 0 Å². The number of carbonyl (C=O) groups excluding carboxylic acids is 1. The minimum atomic E-state index is -5.05. The summed E-state index contributed by atoms with van der Waals surface area (Å²) in [5.74, 6) is -1.00. The number of nitrogens with zero attached hydrogens (tertiary/aromatic N) is 1. The van der Waals surface area contributed by atoms with E-state index in [0.29, 0.717) is 49.4 Å². The van der Waals surface area contributed by atoms with Crippen molar-refractivity contribution in [3.63, 3.8) is 0 Å². The van der Waals surface area contributed by atoms with Gasteiger partial charge in [0.15, 0.2) is 0 Å². The first kappa shape index (κ1) is 26.6. The highest BCUT2D eigenvalue weighted by Gasteiger charge is 2.55. The zero-order chi connectivity index (χ0) is 26.5. The molecule has 13 heteroatoms. The number of halogens is 9. The van der Waals surface area contributed by atoms with E-state index in [1.807, 2.05) is 4.31 Å². The first-order chi connectivity index (χ1) is 16.6. The number of piperidine rings is 1. The summed E-state index contributed by atoms with van der Waals surface area (Å²) in [6, 6.07) is 5.15. The van der Waals surface area contributed by atoms with Gasteiger partial charge in [-0.25, -0.2) is 4.31 Å². The maximum absolute atomic E-state index is 13.1. The van der Waals surface area contributed by atoms with Crippen LogP contribution in [0.1, 0.15) is 46.3 Å². The van der Waals surface area contributed by atoms with Gasteiger partial charge in [-0.3, -0.25) is 4.79 Å². The second-order valence-electron chi connectivity index (χ2n) is 8.93. The van der Waals surface area contributed by atoms with E-state index in [1.165, 1.54) is 24.1 Å². The Morgan fingerprint density at radius 1 is 0.806 bits per heavy atom. The van der Waals surface area contributed by atoms with Gasteiger partial charge in [-0.15, -0.1) is 0 Å². The lowest BCUT2D eigenvalue weighted by Gasteiger charge is -2.32. The molecular formula is C23H19F9N2OS. The third-order valence-corrected chi connectivity index (χ3v) is 7.59. The number of carbonyl (C=O) groups is 1. The fourth-order valence-electron chi connectivity index (χ4n) is 4.31. The van der Waals surface area contributed by atoms with E-state index in [1.54, 1.807) is 0 Å². The van der Waals surface area contributed by atoms with Crippen molar-refractivity contribution in [1.82, 2.24) is 9.62 Å². The average Bonchev–Trinajstić information content (AvgIpc) is 3.44. The van der Waals surface area contributed by atoms with Gasteiger partial charge in [0.25, 0.3) is 5.91 Å². The third-order valence-electron chi connectivity index (χ3n) is 6.48. The lowest BCUT2D eigenvalue weighted by molar-refractivity contribution is -0.143. The minimum Gasteiger partial charge on any atom is -0.349 e. The van der Waals surface area contributed by atoms with E-state index in [2.05, 4.69) is 5.32 Å². The summed E-state index contributed by atoms with van der Waals surface area (Å²) in [4.78, 5) is 13.2. The van der Waals surface area contributed by atoms with Crippen LogP contribution in [0.2, 0.25) is 0 Å². The van der Waals surface area contributed by atoms with Crippen LogP contribution in [0.4, 0.5) is 39.5 Å². The zero-order valence-corrected chi connectivity index (χ0v) is 19.1. The van der Waals surface area contributed by atoms with Gasteiger partial charge >= 0.3 is 18.5 Å². The number of benzene rings is 2. The Bertz CT molecular complexity index is 1090. The highest BCUT2D eigenvalue weighted by molar-refractivity contribution is 7.97. The van der Waals surface area contributed by atoms with Gasteiger partial charge in [-0.1, -0.05) is 0 Å². The van der Waals surface area contributed by atoms with Crippen molar-refractivity contribution < 1.29 is 44.3 Å². The summed E-state index contributed by atoms with van der Waals surface area (Å²) in [5.41, 5.74) is -4.87. The van der Waals surface area contributed by atoms with Gasteiger partial charge in [-0.05, 0) is 79.1 Å². The fourth-order valence-corrected chi connectivity index (χ4v) is 5.23. The van der Waals surface area contributed by atoms with E-state index in [0.717, 1.165) is 12.1 Å². The Labute approximate surface area is 204 Å². The second-order valence-corrected chi connectivity index (χ2v) is 10.1. The van der Waals surface area contributed by atoms with Crippen LogP contribution in [0.3, 0.4) is 0 Å². The Hall–Kier alpha value is -2.41. The molecule has 2 aromatic rings. The van der Waals surface area contributed by atoms with Crippen molar-refractivity contribution in [2.45, 2.75) is 48.7 Å². The van der Waals surface area contributed by atoms with E-state index in [9.17, 15) is 44.3 Å². The second kappa shape index (κ2) is 9.16. The van der Waals surface area contributed by atoms with Gasteiger partial charge in [0, 0.05) is 29.6 Å². The van der Waals surface area contributed by atoms with E-state index in [4.69, 9.17) is 0 Å². The molecule has 2 aliphatic rings. The molecule has 36 heavy (non-hydrogen) atoms. The highest BCUT2D eigenvalue weighted by atomic mass is 32.2. The molecule has 1 saturated heterocycles. The number of hydrogen-bond acceptors (Lipinski definition) is 3. The minimum absolute atomic E-state index is 0.0283. The van der Waals surface area contributed by atoms with Crippen LogP contribution in [0.5, 0.6) is 0 Å². The molecule has 1 amide bonds. The van der Waals surface area contributed by atoms with Crippen LogP contribution in [-0.4, -0.2) is 29.3 Å². The van der Waals surface area contributed by atoms with Crippen LogP contribution < -0.4 is 5.32 Å². The lowest BCUT2D eigenvalue weighted by atomic mass is 9.94. The molecule has 1 N–H and O–H groups in total. The summed E-state index contributed by atoms with van der Waals surface area (Å²) >= 11 is 1.30. The van der Waals surface area contributed by atoms with Crippen molar-refractivity contribution in [3.8, 4) is 0 Å². The van der Waals surface area contributed by atoms with Crippen molar-refractivity contribution >= 4 is 17.9 Å². The molecule has 196 valence electrons. The molecule has 3 nitrogen and oxygen atoms in total. The maximum atomic E-state index is 13.1. The van der Waals surface area contributed by atoms with Crippen LogP contribution in [-0.2, 0) is 18.5 Å². The molecule has 0 radical (unpaired) electrons.